The van der Waals surface area contributed by atoms with Gasteiger partial charge in [0, 0.05) is 37.8 Å². The first-order valence-electron chi connectivity index (χ1n) is 17.5. The van der Waals surface area contributed by atoms with Gasteiger partial charge in [0.25, 0.3) is 0 Å². The first-order chi connectivity index (χ1) is 22.9. The summed E-state index contributed by atoms with van der Waals surface area (Å²) in [6.07, 6.45) is 11.9. The largest absolute Gasteiger partial charge is 0.508 e. The van der Waals surface area contributed by atoms with Crippen LogP contribution in [0.5, 0.6) is 11.8 Å². The molecule has 5 aliphatic rings. The highest BCUT2D eigenvalue weighted by atomic mass is 19.1. The van der Waals surface area contributed by atoms with Gasteiger partial charge >= 0.3 is 6.01 Å². The van der Waals surface area contributed by atoms with Crippen LogP contribution in [-0.2, 0) is 6.42 Å². The molecule has 0 spiro atoms. The number of ether oxygens (including phenoxy) is 1. The first-order valence-corrected chi connectivity index (χ1v) is 17.5. The number of anilines is 1. The maximum absolute atomic E-state index is 17.0. The van der Waals surface area contributed by atoms with Crippen molar-refractivity contribution in [3.05, 3.63) is 47.7 Å². The molecule has 0 amide bonds. The summed E-state index contributed by atoms with van der Waals surface area (Å²) in [5.41, 5.74) is 0.507. The average Bonchev–Trinajstić information content (AvgIpc) is 3.59. The van der Waals surface area contributed by atoms with Crippen molar-refractivity contribution in [3.63, 3.8) is 0 Å². The van der Waals surface area contributed by atoms with Gasteiger partial charge in [-0.05, 0) is 91.9 Å². The number of phenols is 1. The number of halogens is 3. The Hall–Kier alpha value is -3.66. The predicted octanol–water partition coefficient (Wildman–Crippen LogP) is 7.90. The molecule has 3 fully saturated rings. The van der Waals surface area contributed by atoms with E-state index >= 15 is 8.78 Å². The summed E-state index contributed by atoms with van der Waals surface area (Å²) in [6.45, 7) is 3.09. The van der Waals surface area contributed by atoms with Crippen LogP contribution in [0, 0.1) is 17.6 Å². The standard InChI is InChI=1S/C37H42F3N5O2/c38-25-18-37(13-7-15-45(37)21-25)22-47-36-42-34-29-19-41-33(32(34)40)28-17-26(46)16-24-11-12-30(39)27(31(24)28)10-5-3-1-2-4-8-23-9-6-14-44(20-23)35(29)43-36/h11-12,16-17,19,23,25,46H,1-10,13-15,18,20-22H2. The van der Waals surface area contributed by atoms with Crippen molar-refractivity contribution < 1.29 is 23.0 Å². The number of alkyl halides is 1. The first kappa shape index (κ1) is 30.7. The van der Waals surface area contributed by atoms with Crippen LogP contribution in [0.25, 0.3) is 32.9 Å². The van der Waals surface area contributed by atoms with E-state index in [1.165, 1.54) is 12.1 Å². The summed E-state index contributed by atoms with van der Waals surface area (Å²) in [5, 5.41) is 12.4. The van der Waals surface area contributed by atoms with E-state index < -0.39 is 17.5 Å². The van der Waals surface area contributed by atoms with E-state index in [0.29, 0.717) is 58.4 Å². The minimum atomic E-state index is -0.893. The Morgan fingerprint density at radius 1 is 0.957 bits per heavy atom. The third-order valence-corrected chi connectivity index (χ3v) is 11.1. The lowest BCUT2D eigenvalue weighted by atomic mass is 9.91. The molecule has 1 N–H and O–H groups in total. The van der Waals surface area contributed by atoms with Gasteiger partial charge in [0.1, 0.15) is 41.4 Å². The van der Waals surface area contributed by atoms with Gasteiger partial charge in [-0.15, -0.1) is 0 Å². The third-order valence-electron chi connectivity index (χ3n) is 11.1. The number of aromatic hydroxyl groups is 1. The average molecular weight is 646 g/mol. The summed E-state index contributed by atoms with van der Waals surface area (Å²) in [5.74, 6) is 0.0311. The number of fused-ring (bicyclic) bond motifs is 8. The number of hydrogen-bond acceptors (Lipinski definition) is 7. The normalized spacial score (nSPS) is 25.4. The number of aryl methyl sites for hydroxylation is 1. The number of phenolic OH excluding ortho intramolecular Hbond substituents is 1. The molecule has 7 heterocycles. The summed E-state index contributed by atoms with van der Waals surface area (Å²) in [4.78, 5) is 18.6. The third kappa shape index (κ3) is 5.66. The van der Waals surface area contributed by atoms with Crippen molar-refractivity contribution in [1.82, 2.24) is 19.9 Å². The number of pyridine rings is 1. The maximum atomic E-state index is 17.0. The molecule has 6 bridgehead atoms. The molecular weight excluding hydrogens is 603 g/mol. The molecule has 3 saturated heterocycles. The van der Waals surface area contributed by atoms with Crippen LogP contribution in [0.4, 0.5) is 19.0 Å². The van der Waals surface area contributed by atoms with Crippen LogP contribution in [0.3, 0.4) is 0 Å². The highest BCUT2D eigenvalue weighted by Gasteiger charge is 2.49. The van der Waals surface area contributed by atoms with E-state index in [-0.39, 0.29) is 35.4 Å². The lowest BCUT2D eigenvalue weighted by Gasteiger charge is -2.34. The number of benzene rings is 2. The van der Waals surface area contributed by atoms with Crippen LogP contribution in [0.2, 0.25) is 0 Å². The van der Waals surface area contributed by atoms with Crippen LogP contribution in [0.15, 0.2) is 30.5 Å². The molecule has 2 aromatic heterocycles. The van der Waals surface area contributed by atoms with Gasteiger partial charge in [-0.2, -0.15) is 9.97 Å². The van der Waals surface area contributed by atoms with Crippen LogP contribution < -0.4 is 9.64 Å². The summed E-state index contributed by atoms with van der Waals surface area (Å²) >= 11 is 0. The van der Waals surface area contributed by atoms with Crippen molar-refractivity contribution in [2.24, 2.45) is 5.92 Å². The fraction of sp³-hybridized carbons (Fsp3) is 0.541. The Bertz CT molecular complexity index is 1820. The van der Waals surface area contributed by atoms with Gasteiger partial charge in [0.05, 0.1) is 10.9 Å². The zero-order chi connectivity index (χ0) is 32.1. The number of rotatable bonds is 3. The van der Waals surface area contributed by atoms with E-state index in [2.05, 4.69) is 19.8 Å². The Morgan fingerprint density at radius 2 is 1.81 bits per heavy atom. The van der Waals surface area contributed by atoms with E-state index in [0.717, 1.165) is 83.8 Å². The Kier molecular flexibility index (Phi) is 8.10. The molecule has 10 heteroatoms. The second-order valence-electron chi connectivity index (χ2n) is 14.3. The van der Waals surface area contributed by atoms with Crippen molar-refractivity contribution in [3.8, 4) is 23.0 Å². The van der Waals surface area contributed by atoms with Crippen molar-refractivity contribution in [2.45, 2.75) is 88.8 Å². The number of aromatic nitrogens is 3. The number of piperidine rings is 1. The Balaban J connectivity index is 1.29. The number of nitrogens with zero attached hydrogens (tertiary/aromatic N) is 5. The second-order valence-corrected chi connectivity index (χ2v) is 14.3. The fourth-order valence-electron chi connectivity index (χ4n) is 8.85. The molecule has 7 nitrogen and oxygen atoms in total. The van der Waals surface area contributed by atoms with Gasteiger partial charge in [-0.3, -0.25) is 9.88 Å². The summed E-state index contributed by atoms with van der Waals surface area (Å²) in [7, 11) is 0. The molecule has 2 aromatic carbocycles. The molecule has 47 heavy (non-hydrogen) atoms. The van der Waals surface area contributed by atoms with Crippen molar-refractivity contribution >= 4 is 27.5 Å². The van der Waals surface area contributed by atoms with Crippen LogP contribution >= 0.6 is 0 Å². The van der Waals surface area contributed by atoms with Crippen LogP contribution in [0.1, 0.15) is 76.2 Å². The Labute approximate surface area is 273 Å². The van der Waals surface area contributed by atoms with Gasteiger partial charge in [0.15, 0.2) is 5.82 Å². The number of hydrogen-bond donors (Lipinski definition) is 1. The summed E-state index contributed by atoms with van der Waals surface area (Å²) in [6, 6.07) is 6.17. The molecular formula is C37H42F3N5O2. The molecule has 0 aliphatic carbocycles. The molecule has 4 aromatic rings. The zero-order valence-corrected chi connectivity index (χ0v) is 26.8. The van der Waals surface area contributed by atoms with Crippen molar-refractivity contribution in [2.75, 3.05) is 37.7 Å². The monoisotopic (exact) mass is 645 g/mol. The van der Waals surface area contributed by atoms with Gasteiger partial charge in [-0.25, -0.2) is 13.2 Å². The smallest absolute Gasteiger partial charge is 0.319 e. The highest BCUT2D eigenvalue weighted by Crippen LogP contribution is 2.42. The van der Waals surface area contributed by atoms with Crippen molar-refractivity contribution in [1.29, 1.82) is 0 Å². The molecule has 248 valence electrons. The fourth-order valence-corrected chi connectivity index (χ4v) is 8.85. The minimum Gasteiger partial charge on any atom is -0.508 e. The topological polar surface area (TPSA) is 74.6 Å². The van der Waals surface area contributed by atoms with Gasteiger partial charge < -0.3 is 14.7 Å². The molecule has 0 radical (unpaired) electrons. The second kappa shape index (κ2) is 12.4. The molecule has 0 saturated carbocycles. The SMILES string of the molecule is Oc1cc2c3c(c(F)ccc3c1)CCCCCCCC1CCCN(C1)c1nc(OCC34CCCN3CC(F)C4)nc3c(F)c-2ncc13. The quantitative estimate of drug-likeness (QED) is 0.243. The van der Waals surface area contributed by atoms with Gasteiger partial charge in [0.2, 0.25) is 0 Å². The highest BCUT2D eigenvalue weighted by molar-refractivity contribution is 6.01. The van der Waals surface area contributed by atoms with E-state index in [4.69, 9.17) is 9.72 Å². The zero-order valence-electron chi connectivity index (χ0n) is 26.8. The molecule has 9 rings (SSSR count). The Morgan fingerprint density at radius 3 is 2.72 bits per heavy atom. The molecule has 3 unspecified atom stereocenters. The van der Waals surface area contributed by atoms with E-state index in [1.54, 1.807) is 18.3 Å². The van der Waals surface area contributed by atoms with E-state index in [1.807, 2.05) is 0 Å². The van der Waals surface area contributed by atoms with E-state index in [9.17, 15) is 9.50 Å². The lowest BCUT2D eigenvalue weighted by molar-refractivity contribution is 0.107. The maximum Gasteiger partial charge on any atom is 0.319 e. The summed E-state index contributed by atoms with van der Waals surface area (Å²) < 4.78 is 53.3. The predicted molar refractivity (Wildman–Crippen MR) is 177 cm³/mol. The lowest BCUT2D eigenvalue weighted by Crippen LogP contribution is -2.43. The molecule has 3 atom stereocenters. The van der Waals surface area contributed by atoms with Gasteiger partial charge in [-0.1, -0.05) is 31.7 Å². The van der Waals surface area contributed by atoms with Crippen LogP contribution in [-0.4, -0.2) is 69.5 Å². The minimum absolute atomic E-state index is 0.00453. The molecule has 5 aliphatic heterocycles.